The van der Waals surface area contributed by atoms with Crippen molar-refractivity contribution >= 4 is 0 Å². The van der Waals surface area contributed by atoms with Crippen molar-refractivity contribution in [1.82, 2.24) is 4.90 Å². The summed E-state index contributed by atoms with van der Waals surface area (Å²) in [7, 11) is 0. The molecule has 1 aliphatic carbocycles. The van der Waals surface area contributed by atoms with Crippen LogP contribution in [0.25, 0.3) is 0 Å². The Bertz CT molecular complexity index is 413. The van der Waals surface area contributed by atoms with Crippen LogP contribution in [0.1, 0.15) is 50.8 Å². The Morgan fingerprint density at radius 3 is 2.63 bits per heavy atom. The Balaban J connectivity index is 2.20. The lowest BCUT2D eigenvalue weighted by Crippen LogP contribution is -2.25. The highest BCUT2D eigenvalue weighted by molar-refractivity contribution is 5.38. The molecule has 1 fully saturated rings. The second-order valence-electron chi connectivity index (χ2n) is 5.27. The highest BCUT2D eigenvalue weighted by Crippen LogP contribution is 2.31. The van der Waals surface area contributed by atoms with Crippen LogP contribution in [0.4, 0.5) is 0 Å². The first-order valence-electron chi connectivity index (χ1n) is 7.33. The molecule has 3 nitrogen and oxygen atoms in total. The predicted molar refractivity (Wildman–Crippen MR) is 77.4 cm³/mol. The van der Waals surface area contributed by atoms with Gasteiger partial charge in [-0.05, 0) is 50.9 Å². The third-order valence-corrected chi connectivity index (χ3v) is 3.71. The average molecular weight is 263 g/mol. The van der Waals surface area contributed by atoms with Gasteiger partial charge in [0.05, 0.1) is 12.7 Å². The van der Waals surface area contributed by atoms with Crippen molar-refractivity contribution in [2.45, 2.75) is 52.3 Å². The van der Waals surface area contributed by atoms with E-state index in [2.05, 4.69) is 17.9 Å². The molecule has 1 saturated carbocycles. The van der Waals surface area contributed by atoms with Crippen LogP contribution >= 0.6 is 0 Å². The van der Waals surface area contributed by atoms with Gasteiger partial charge >= 0.3 is 0 Å². The van der Waals surface area contributed by atoms with E-state index in [0.29, 0.717) is 6.61 Å². The lowest BCUT2D eigenvalue weighted by Gasteiger charge is -2.22. The van der Waals surface area contributed by atoms with Crippen molar-refractivity contribution in [3.8, 4) is 5.75 Å². The SMILES string of the molecule is CCOc1ccc(C(C)O)cc1CN(CC)C1CC1. The first-order chi connectivity index (χ1) is 9.15. The number of hydrogen-bond acceptors (Lipinski definition) is 3. The maximum absolute atomic E-state index is 9.73. The Kier molecular flexibility index (Phi) is 4.83. The van der Waals surface area contributed by atoms with Crippen LogP contribution in [0.2, 0.25) is 0 Å². The van der Waals surface area contributed by atoms with Gasteiger partial charge in [0.15, 0.2) is 0 Å². The predicted octanol–water partition coefficient (Wildman–Crippen LogP) is 3.12. The molecule has 1 aromatic rings. The van der Waals surface area contributed by atoms with Crippen LogP contribution in [0.15, 0.2) is 18.2 Å². The topological polar surface area (TPSA) is 32.7 Å². The quantitative estimate of drug-likeness (QED) is 0.820. The number of benzene rings is 1. The number of hydrogen-bond donors (Lipinski definition) is 1. The van der Waals surface area contributed by atoms with Gasteiger partial charge in [-0.3, -0.25) is 4.90 Å². The number of nitrogens with zero attached hydrogens (tertiary/aromatic N) is 1. The van der Waals surface area contributed by atoms with Crippen LogP contribution < -0.4 is 4.74 Å². The van der Waals surface area contributed by atoms with Gasteiger partial charge in [0.25, 0.3) is 0 Å². The summed E-state index contributed by atoms with van der Waals surface area (Å²) in [5, 5.41) is 9.73. The zero-order chi connectivity index (χ0) is 13.8. The van der Waals surface area contributed by atoms with Crippen LogP contribution in [0, 0.1) is 0 Å². The molecular formula is C16H25NO2. The van der Waals surface area contributed by atoms with Crippen molar-refractivity contribution < 1.29 is 9.84 Å². The maximum atomic E-state index is 9.73. The molecular weight excluding hydrogens is 238 g/mol. The van der Waals surface area contributed by atoms with Gasteiger partial charge in [0, 0.05) is 18.2 Å². The van der Waals surface area contributed by atoms with Gasteiger partial charge in [0.2, 0.25) is 0 Å². The van der Waals surface area contributed by atoms with Crippen molar-refractivity contribution in [3.63, 3.8) is 0 Å². The summed E-state index contributed by atoms with van der Waals surface area (Å²) in [5.74, 6) is 0.950. The fraction of sp³-hybridized carbons (Fsp3) is 0.625. The molecule has 0 aromatic heterocycles. The van der Waals surface area contributed by atoms with E-state index in [1.807, 2.05) is 19.1 Å². The normalized spacial score (nSPS) is 16.7. The maximum Gasteiger partial charge on any atom is 0.123 e. The van der Waals surface area contributed by atoms with E-state index in [0.717, 1.165) is 30.4 Å². The van der Waals surface area contributed by atoms with Crippen molar-refractivity contribution in [2.24, 2.45) is 0 Å². The van der Waals surface area contributed by atoms with Crippen molar-refractivity contribution in [2.75, 3.05) is 13.2 Å². The van der Waals surface area contributed by atoms with E-state index >= 15 is 0 Å². The molecule has 0 heterocycles. The van der Waals surface area contributed by atoms with E-state index < -0.39 is 6.10 Å². The minimum atomic E-state index is -0.426. The molecule has 19 heavy (non-hydrogen) atoms. The van der Waals surface area contributed by atoms with Gasteiger partial charge in [0.1, 0.15) is 5.75 Å². The third-order valence-electron chi connectivity index (χ3n) is 3.71. The highest BCUT2D eigenvalue weighted by atomic mass is 16.5. The van der Waals surface area contributed by atoms with Crippen LogP contribution in [0.5, 0.6) is 5.75 Å². The standard InChI is InChI=1S/C16H25NO2/c1-4-17(15-7-8-15)11-14-10-13(12(3)18)6-9-16(14)19-5-2/h6,9-10,12,15,18H,4-5,7-8,11H2,1-3H3. The van der Waals surface area contributed by atoms with Crippen LogP contribution in [-0.4, -0.2) is 29.2 Å². The monoisotopic (exact) mass is 263 g/mol. The van der Waals surface area contributed by atoms with Crippen LogP contribution in [0.3, 0.4) is 0 Å². The number of ether oxygens (including phenoxy) is 1. The molecule has 0 bridgehead atoms. The number of aliphatic hydroxyl groups excluding tert-OH is 1. The molecule has 1 N–H and O–H groups in total. The smallest absolute Gasteiger partial charge is 0.123 e. The molecule has 0 spiro atoms. The van der Waals surface area contributed by atoms with Gasteiger partial charge in [-0.2, -0.15) is 0 Å². The molecule has 0 saturated heterocycles. The number of rotatable bonds is 7. The van der Waals surface area contributed by atoms with E-state index in [-0.39, 0.29) is 0 Å². The first-order valence-corrected chi connectivity index (χ1v) is 7.33. The molecule has 1 aliphatic rings. The fourth-order valence-corrected chi connectivity index (χ4v) is 2.44. The summed E-state index contributed by atoms with van der Waals surface area (Å²) in [6, 6.07) is 6.77. The summed E-state index contributed by atoms with van der Waals surface area (Å²) in [6.07, 6.45) is 2.20. The zero-order valence-electron chi connectivity index (χ0n) is 12.2. The van der Waals surface area contributed by atoms with E-state index in [4.69, 9.17) is 4.74 Å². The molecule has 1 atom stereocenters. The molecule has 3 heteroatoms. The second kappa shape index (κ2) is 6.40. The zero-order valence-corrected chi connectivity index (χ0v) is 12.2. The summed E-state index contributed by atoms with van der Waals surface area (Å²) in [6.45, 7) is 8.67. The molecule has 106 valence electrons. The summed E-state index contributed by atoms with van der Waals surface area (Å²) in [4.78, 5) is 2.49. The minimum absolute atomic E-state index is 0.426. The Hall–Kier alpha value is -1.06. The summed E-state index contributed by atoms with van der Waals surface area (Å²) < 4.78 is 5.71. The first kappa shape index (κ1) is 14.4. The molecule has 0 aliphatic heterocycles. The highest BCUT2D eigenvalue weighted by Gasteiger charge is 2.28. The van der Waals surface area contributed by atoms with E-state index in [1.165, 1.54) is 18.4 Å². The average Bonchev–Trinajstić information content (AvgIpc) is 3.22. The molecule has 2 rings (SSSR count). The molecule has 0 amide bonds. The van der Waals surface area contributed by atoms with E-state index in [1.54, 1.807) is 6.92 Å². The molecule has 1 unspecified atom stereocenters. The number of aliphatic hydroxyl groups is 1. The van der Waals surface area contributed by atoms with Gasteiger partial charge in [-0.1, -0.05) is 13.0 Å². The Morgan fingerprint density at radius 1 is 1.37 bits per heavy atom. The van der Waals surface area contributed by atoms with Crippen molar-refractivity contribution in [1.29, 1.82) is 0 Å². The lowest BCUT2D eigenvalue weighted by atomic mass is 10.1. The Labute approximate surface area is 116 Å². The third kappa shape index (κ3) is 3.71. The lowest BCUT2D eigenvalue weighted by molar-refractivity contribution is 0.198. The van der Waals surface area contributed by atoms with Gasteiger partial charge < -0.3 is 9.84 Å². The van der Waals surface area contributed by atoms with Gasteiger partial charge in [-0.25, -0.2) is 0 Å². The Morgan fingerprint density at radius 2 is 2.11 bits per heavy atom. The fourth-order valence-electron chi connectivity index (χ4n) is 2.44. The summed E-state index contributed by atoms with van der Waals surface area (Å²) >= 11 is 0. The largest absolute Gasteiger partial charge is 0.494 e. The van der Waals surface area contributed by atoms with Crippen molar-refractivity contribution in [3.05, 3.63) is 29.3 Å². The van der Waals surface area contributed by atoms with E-state index in [9.17, 15) is 5.11 Å². The minimum Gasteiger partial charge on any atom is -0.494 e. The van der Waals surface area contributed by atoms with Crippen LogP contribution in [-0.2, 0) is 6.54 Å². The molecule has 0 radical (unpaired) electrons. The van der Waals surface area contributed by atoms with Gasteiger partial charge in [-0.15, -0.1) is 0 Å². The second-order valence-corrected chi connectivity index (χ2v) is 5.27. The molecule has 1 aromatic carbocycles. The summed E-state index contributed by atoms with van der Waals surface area (Å²) in [5.41, 5.74) is 2.15.